The standard InChI is InChI=1S/C19H16ClN3O4/c1-26-19(25)12-5-4-6-13(11-12)21-16(24)9-10-17-22-18(23-27-17)14-7-2-3-8-15(14)20/h2-8,11H,9-10H2,1H3,(H,21,24). The lowest BCUT2D eigenvalue weighted by molar-refractivity contribution is -0.116. The van der Waals surface area contributed by atoms with Crippen LogP contribution in [0, 0.1) is 0 Å². The topological polar surface area (TPSA) is 94.3 Å². The van der Waals surface area contributed by atoms with Crippen LogP contribution >= 0.6 is 11.6 Å². The molecule has 0 aliphatic rings. The summed E-state index contributed by atoms with van der Waals surface area (Å²) >= 11 is 6.11. The second-order valence-corrected chi connectivity index (χ2v) is 6.02. The number of carbonyl (C=O) groups is 2. The maximum absolute atomic E-state index is 12.1. The minimum absolute atomic E-state index is 0.145. The highest BCUT2D eigenvalue weighted by Gasteiger charge is 2.13. The molecule has 0 bridgehead atoms. The van der Waals surface area contributed by atoms with Gasteiger partial charge in [0.1, 0.15) is 0 Å². The van der Waals surface area contributed by atoms with E-state index in [9.17, 15) is 9.59 Å². The largest absolute Gasteiger partial charge is 0.465 e. The molecule has 8 heteroatoms. The predicted octanol–water partition coefficient (Wildman–Crippen LogP) is 3.75. The zero-order valence-corrected chi connectivity index (χ0v) is 15.2. The highest BCUT2D eigenvalue weighted by atomic mass is 35.5. The molecule has 138 valence electrons. The van der Waals surface area contributed by atoms with Crippen LogP contribution in [-0.4, -0.2) is 29.1 Å². The lowest BCUT2D eigenvalue weighted by Crippen LogP contribution is -2.13. The summed E-state index contributed by atoms with van der Waals surface area (Å²) in [5, 5.41) is 7.14. The van der Waals surface area contributed by atoms with E-state index < -0.39 is 5.97 Å². The first-order valence-electron chi connectivity index (χ1n) is 8.12. The number of hydrogen-bond donors (Lipinski definition) is 1. The third-order valence-electron chi connectivity index (χ3n) is 3.72. The van der Waals surface area contributed by atoms with E-state index in [0.29, 0.717) is 33.6 Å². The summed E-state index contributed by atoms with van der Waals surface area (Å²) in [6.45, 7) is 0. The maximum Gasteiger partial charge on any atom is 0.337 e. The zero-order valence-electron chi connectivity index (χ0n) is 14.4. The Morgan fingerprint density at radius 1 is 1.19 bits per heavy atom. The summed E-state index contributed by atoms with van der Waals surface area (Å²) in [5.74, 6) is 0.00346. The first-order chi connectivity index (χ1) is 13.1. The number of nitrogens with zero attached hydrogens (tertiary/aromatic N) is 2. The lowest BCUT2D eigenvalue weighted by Gasteiger charge is -2.06. The van der Waals surface area contributed by atoms with E-state index in [2.05, 4.69) is 20.2 Å². The molecule has 7 nitrogen and oxygen atoms in total. The summed E-state index contributed by atoms with van der Waals surface area (Å²) in [5.41, 5.74) is 1.53. The van der Waals surface area contributed by atoms with Crippen molar-refractivity contribution < 1.29 is 18.8 Å². The van der Waals surface area contributed by atoms with Gasteiger partial charge in [-0.05, 0) is 30.3 Å². The van der Waals surface area contributed by atoms with Gasteiger partial charge in [0.25, 0.3) is 0 Å². The summed E-state index contributed by atoms with van der Waals surface area (Å²) in [7, 11) is 1.30. The van der Waals surface area contributed by atoms with Gasteiger partial charge in [0.2, 0.25) is 17.6 Å². The molecule has 0 atom stereocenters. The average Bonchev–Trinajstić information content (AvgIpc) is 3.15. The summed E-state index contributed by atoms with van der Waals surface area (Å²) in [6.07, 6.45) is 0.423. The van der Waals surface area contributed by atoms with Gasteiger partial charge in [-0.25, -0.2) is 4.79 Å². The number of nitrogens with one attached hydrogen (secondary N) is 1. The minimum atomic E-state index is -0.468. The Hall–Kier alpha value is -3.19. The molecule has 0 radical (unpaired) electrons. The second-order valence-electron chi connectivity index (χ2n) is 5.61. The number of ether oxygens (including phenoxy) is 1. The van der Waals surface area contributed by atoms with Gasteiger partial charge in [0.05, 0.1) is 17.7 Å². The van der Waals surface area contributed by atoms with E-state index in [-0.39, 0.29) is 18.7 Å². The number of halogens is 1. The number of hydrogen-bond acceptors (Lipinski definition) is 6. The van der Waals surface area contributed by atoms with E-state index in [0.717, 1.165) is 0 Å². The van der Waals surface area contributed by atoms with Crippen molar-refractivity contribution in [2.45, 2.75) is 12.8 Å². The van der Waals surface area contributed by atoms with Crippen molar-refractivity contribution in [3.8, 4) is 11.4 Å². The fraction of sp³-hybridized carbons (Fsp3) is 0.158. The van der Waals surface area contributed by atoms with Gasteiger partial charge in [-0.3, -0.25) is 4.79 Å². The van der Waals surface area contributed by atoms with Gasteiger partial charge in [0.15, 0.2) is 0 Å². The predicted molar refractivity (Wildman–Crippen MR) is 99.5 cm³/mol. The fourth-order valence-electron chi connectivity index (χ4n) is 2.39. The van der Waals surface area contributed by atoms with Crippen molar-refractivity contribution in [1.82, 2.24) is 10.1 Å². The molecule has 0 spiro atoms. The van der Waals surface area contributed by atoms with Gasteiger partial charge < -0.3 is 14.6 Å². The second kappa shape index (κ2) is 8.46. The molecule has 0 aliphatic heterocycles. The van der Waals surface area contributed by atoms with E-state index in [1.165, 1.54) is 7.11 Å². The van der Waals surface area contributed by atoms with Crippen LogP contribution in [0.2, 0.25) is 5.02 Å². The Bertz CT molecular complexity index is 971. The van der Waals surface area contributed by atoms with Gasteiger partial charge in [-0.1, -0.05) is 35.0 Å². The molecule has 0 saturated carbocycles. The van der Waals surface area contributed by atoms with Gasteiger partial charge in [-0.2, -0.15) is 4.98 Å². The quantitative estimate of drug-likeness (QED) is 0.649. The molecular formula is C19H16ClN3O4. The van der Waals surface area contributed by atoms with E-state index >= 15 is 0 Å². The lowest BCUT2D eigenvalue weighted by atomic mass is 10.2. The zero-order chi connectivity index (χ0) is 19.2. The number of rotatable bonds is 6. The Labute approximate surface area is 160 Å². The van der Waals surface area contributed by atoms with Crippen molar-refractivity contribution >= 4 is 29.2 Å². The van der Waals surface area contributed by atoms with Crippen molar-refractivity contribution in [2.75, 3.05) is 12.4 Å². The monoisotopic (exact) mass is 385 g/mol. The molecule has 27 heavy (non-hydrogen) atoms. The van der Waals surface area contributed by atoms with Crippen LogP contribution in [-0.2, 0) is 16.0 Å². The first-order valence-corrected chi connectivity index (χ1v) is 8.50. The molecule has 1 aromatic heterocycles. The van der Waals surface area contributed by atoms with Crippen LogP contribution in [0.3, 0.4) is 0 Å². The average molecular weight is 386 g/mol. The minimum Gasteiger partial charge on any atom is -0.465 e. The SMILES string of the molecule is COC(=O)c1cccc(NC(=O)CCc2nc(-c3ccccc3Cl)no2)c1. The molecular weight excluding hydrogens is 370 g/mol. The number of aromatic nitrogens is 2. The molecule has 2 aromatic carbocycles. The van der Waals surface area contributed by atoms with Crippen LogP contribution < -0.4 is 5.32 Å². The van der Waals surface area contributed by atoms with Crippen LogP contribution in [0.4, 0.5) is 5.69 Å². The molecule has 0 unspecified atom stereocenters. The van der Waals surface area contributed by atoms with Gasteiger partial charge >= 0.3 is 5.97 Å². The molecule has 0 aliphatic carbocycles. The van der Waals surface area contributed by atoms with Crippen LogP contribution in [0.25, 0.3) is 11.4 Å². The molecule has 3 aromatic rings. The number of esters is 1. The normalized spacial score (nSPS) is 10.4. The molecule has 1 amide bonds. The number of methoxy groups -OCH3 is 1. The highest BCUT2D eigenvalue weighted by Crippen LogP contribution is 2.25. The summed E-state index contributed by atoms with van der Waals surface area (Å²) < 4.78 is 9.84. The van der Waals surface area contributed by atoms with E-state index in [1.807, 2.05) is 12.1 Å². The molecule has 1 heterocycles. The van der Waals surface area contributed by atoms with Gasteiger partial charge in [-0.15, -0.1) is 0 Å². The smallest absolute Gasteiger partial charge is 0.337 e. The molecule has 0 saturated heterocycles. The summed E-state index contributed by atoms with van der Waals surface area (Å²) in [4.78, 5) is 27.9. The number of benzene rings is 2. The fourth-order valence-corrected chi connectivity index (χ4v) is 2.61. The van der Waals surface area contributed by atoms with Crippen LogP contribution in [0.5, 0.6) is 0 Å². The van der Waals surface area contributed by atoms with Crippen molar-refractivity contribution in [3.05, 3.63) is 65.0 Å². The van der Waals surface area contributed by atoms with Crippen LogP contribution in [0.1, 0.15) is 22.7 Å². The van der Waals surface area contributed by atoms with E-state index in [4.69, 9.17) is 16.1 Å². The van der Waals surface area contributed by atoms with Crippen molar-refractivity contribution in [2.24, 2.45) is 0 Å². The maximum atomic E-state index is 12.1. The summed E-state index contributed by atoms with van der Waals surface area (Å²) in [6, 6.07) is 13.7. The number of anilines is 1. The Morgan fingerprint density at radius 2 is 2.00 bits per heavy atom. The van der Waals surface area contributed by atoms with E-state index in [1.54, 1.807) is 36.4 Å². The molecule has 0 fully saturated rings. The van der Waals surface area contributed by atoms with Gasteiger partial charge in [0, 0.05) is 24.1 Å². The van der Waals surface area contributed by atoms with Crippen molar-refractivity contribution in [1.29, 1.82) is 0 Å². The molecule has 3 rings (SSSR count). The number of carbonyl (C=O) groups excluding carboxylic acids is 2. The molecule has 1 N–H and O–H groups in total. The Balaban J connectivity index is 1.59. The third-order valence-corrected chi connectivity index (χ3v) is 4.05. The van der Waals surface area contributed by atoms with Crippen LogP contribution in [0.15, 0.2) is 53.1 Å². The highest BCUT2D eigenvalue weighted by molar-refractivity contribution is 6.33. The number of amides is 1. The Morgan fingerprint density at radius 3 is 2.78 bits per heavy atom. The first kappa shape index (κ1) is 18.6. The Kier molecular flexibility index (Phi) is 5.83. The number of aryl methyl sites for hydroxylation is 1. The van der Waals surface area contributed by atoms with Crippen molar-refractivity contribution in [3.63, 3.8) is 0 Å². The third kappa shape index (κ3) is 4.71.